The van der Waals surface area contributed by atoms with Gasteiger partial charge < -0.3 is 17.4 Å². The van der Waals surface area contributed by atoms with Gasteiger partial charge in [-0.2, -0.15) is 0 Å². The van der Waals surface area contributed by atoms with Crippen molar-refractivity contribution in [3.8, 4) is 0 Å². The summed E-state index contributed by atoms with van der Waals surface area (Å²) >= 11 is 0. The second-order valence-electron chi connectivity index (χ2n) is 5.25. The fourth-order valence-electron chi connectivity index (χ4n) is 2.40. The summed E-state index contributed by atoms with van der Waals surface area (Å²) in [7, 11) is -0.117. The Kier molecular flexibility index (Phi) is 7.38. The summed E-state index contributed by atoms with van der Waals surface area (Å²) in [4.78, 5) is 0. The molecule has 0 heterocycles. The van der Waals surface area contributed by atoms with Crippen molar-refractivity contribution in [2.75, 3.05) is 21.3 Å². The van der Waals surface area contributed by atoms with E-state index >= 15 is 0 Å². The van der Waals surface area contributed by atoms with Crippen molar-refractivity contribution in [3.05, 3.63) is 0 Å². The molecule has 0 saturated carbocycles. The van der Waals surface area contributed by atoms with E-state index in [0.29, 0.717) is 0 Å². The first-order chi connectivity index (χ1) is 7.73. The third-order valence-electron chi connectivity index (χ3n) is 2.81. The molecule has 0 rings (SSSR count). The van der Waals surface area contributed by atoms with E-state index in [1.807, 2.05) is 0 Å². The second kappa shape index (κ2) is 7.17. The van der Waals surface area contributed by atoms with Crippen LogP contribution in [0.1, 0.15) is 6.92 Å². The van der Waals surface area contributed by atoms with Crippen LogP contribution in [0.2, 0.25) is 37.8 Å². The predicted molar refractivity (Wildman–Crippen MR) is 78.5 cm³/mol. The minimum atomic E-state index is -2.51. The van der Waals surface area contributed by atoms with Crippen molar-refractivity contribution in [2.24, 2.45) is 0 Å². The highest BCUT2D eigenvalue weighted by Crippen LogP contribution is 2.32. The molecule has 1 atom stereocenters. The molecule has 0 amide bonds. The molecule has 0 aliphatic rings. The van der Waals surface area contributed by atoms with Crippen molar-refractivity contribution in [1.82, 2.24) is 0 Å². The quantitative estimate of drug-likeness (QED) is 0.645. The van der Waals surface area contributed by atoms with E-state index in [9.17, 15) is 0 Å². The summed E-state index contributed by atoms with van der Waals surface area (Å²) in [6.45, 7) is 11.1. The lowest BCUT2D eigenvalue weighted by atomic mass is 10.6. The molecular weight excluding hydrogens is 268 g/mol. The lowest BCUT2D eigenvalue weighted by Gasteiger charge is -2.35. The van der Waals surface area contributed by atoms with Crippen molar-refractivity contribution >= 4 is 26.2 Å². The monoisotopic (exact) mass is 296 g/mol. The highest BCUT2D eigenvalue weighted by atomic mass is 28.4. The SMILES string of the molecule is CO[Si](OC)(OC)C(C)C[Si](C)(C)O[SiH](C)C. The first-order valence-electron chi connectivity index (χ1n) is 6.06. The highest BCUT2D eigenvalue weighted by molar-refractivity contribution is 6.79. The average Bonchev–Trinajstić information content (AvgIpc) is 2.18. The van der Waals surface area contributed by atoms with Crippen LogP contribution in [-0.4, -0.2) is 47.5 Å². The molecule has 0 aromatic carbocycles. The molecular formula is C10H28O4Si3. The van der Waals surface area contributed by atoms with E-state index in [0.717, 1.165) is 6.04 Å². The van der Waals surface area contributed by atoms with Gasteiger partial charge in [-0.1, -0.05) is 6.92 Å². The standard InChI is InChI=1S/C10H28O4Si3/c1-10(17(11-2,12-3)13-4)9-16(7,8)14-15(5)6/h10,15H,9H2,1-8H3. The summed E-state index contributed by atoms with van der Waals surface area (Å²) in [5.41, 5.74) is 0.275. The Balaban J connectivity index is 4.65. The molecule has 0 aliphatic heterocycles. The summed E-state index contributed by atoms with van der Waals surface area (Å²) in [6, 6.07) is 1.01. The molecule has 7 heteroatoms. The van der Waals surface area contributed by atoms with Gasteiger partial charge in [-0.15, -0.1) is 0 Å². The van der Waals surface area contributed by atoms with E-state index in [4.69, 9.17) is 17.4 Å². The molecule has 104 valence electrons. The van der Waals surface area contributed by atoms with Gasteiger partial charge in [0.05, 0.1) is 0 Å². The Morgan fingerprint density at radius 3 is 1.71 bits per heavy atom. The lowest BCUT2D eigenvalue weighted by molar-refractivity contribution is 0.114. The summed E-state index contributed by atoms with van der Waals surface area (Å²) in [6.07, 6.45) is 0. The number of hydrogen-bond acceptors (Lipinski definition) is 4. The molecule has 0 aliphatic carbocycles. The first-order valence-corrected chi connectivity index (χ1v) is 13.8. The molecule has 0 aromatic heterocycles. The Hall–Kier alpha value is 0.491. The molecule has 0 radical (unpaired) electrons. The molecule has 4 nitrogen and oxygen atoms in total. The lowest BCUT2D eigenvalue weighted by Crippen LogP contribution is -2.49. The second-order valence-corrected chi connectivity index (χ2v) is 15.6. The predicted octanol–water partition coefficient (Wildman–Crippen LogP) is 2.46. The first kappa shape index (κ1) is 17.5. The Labute approximate surface area is 110 Å². The Morgan fingerprint density at radius 2 is 1.41 bits per heavy atom. The van der Waals surface area contributed by atoms with Gasteiger partial charge in [-0.05, 0) is 32.2 Å². The Bertz CT molecular complexity index is 211. The molecule has 0 aromatic rings. The van der Waals surface area contributed by atoms with Gasteiger partial charge >= 0.3 is 8.80 Å². The maximum Gasteiger partial charge on any atom is 0.502 e. The normalized spacial score (nSPS) is 15.4. The van der Waals surface area contributed by atoms with Crippen LogP contribution in [-0.2, 0) is 17.4 Å². The maximum atomic E-state index is 6.17. The zero-order chi connectivity index (χ0) is 13.7. The highest BCUT2D eigenvalue weighted by Gasteiger charge is 2.47. The van der Waals surface area contributed by atoms with E-state index in [2.05, 4.69) is 33.1 Å². The van der Waals surface area contributed by atoms with E-state index in [1.165, 1.54) is 0 Å². The Morgan fingerprint density at radius 1 is 1.00 bits per heavy atom. The summed E-state index contributed by atoms with van der Waals surface area (Å²) < 4.78 is 22.7. The summed E-state index contributed by atoms with van der Waals surface area (Å²) in [5, 5.41) is 0. The van der Waals surface area contributed by atoms with Crippen LogP contribution in [0.3, 0.4) is 0 Å². The zero-order valence-corrected chi connectivity index (χ0v) is 15.6. The smallest absolute Gasteiger partial charge is 0.458 e. The average molecular weight is 297 g/mol. The minimum Gasteiger partial charge on any atom is -0.458 e. The van der Waals surface area contributed by atoms with Crippen molar-refractivity contribution in [2.45, 2.75) is 44.7 Å². The minimum absolute atomic E-state index is 0.275. The van der Waals surface area contributed by atoms with Gasteiger partial charge in [0.15, 0.2) is 17.4 Å². The zero-order valence-electron chi connectivity index (χ0n) is 12.5. The van der Waals surface area contributed by atoms with Crippen LogP contribution in [0.4, 0.5) is 0 Å². The molecule has 0 spiro atoms. The van der Waals surface area contributed by atoms with Crippen LogP contribution in [0, 0.1) is 0 Å². The van der Waals surface area contributed by atoms with E-state index < -0.39 is 26.2 Å². The molecule has 1 unspecified atom stereocenters. The van der Waals surface area contributed by atoms with Gasteiger partial charge in [0.1, 0.15) is 0 Å². The third kappa shape index (κ3) is 5.33. The van der Waals surface area contributed by atoms with Crippen molar-refractivity contribution in [3.63, 3.8) is 0 Å². The van der Waals surface area contributed by atoms with Crippen molar-refractivity contribution < 1.29 is 17.4 Å². The van der Waals surface area contributed by atoms with Crippen LogP contribution in [0.25, 0.3) is 0 Å². The van der Waals surface area contributed by atoms with Gasteiger partial charge in [0, 0.05) is 26.9 Å². The number of rotatable bonds is 8. The van der Waals surface area contributed by atoms with Gasteiger partial charge in [0.2, 0.25) is 0 Å². The van der Waals surface area contributed by atoms with Gasteiger partial charge in [0.25, 0.3) is 0 Å². The van der Waals surface area contributed by atoms with Crippen LogP contribution >= 0.6 is 0 Å². The molecule has 0 fully saturated rings. The van der Waals surface area contributed by atoms with Crippen LogP contribution in [0.15, 0.2) is 0 Å². The molecule has 0 bridgehead atoms. The van der Waals surface area contributed by atoms with Crippen molar-refractivity contribution in [1.29, 1.82) is 0 Å². The molecule has 0 N–H and O–H groups in total. The summed E-state index contributed by atoms with van der Waals surface area (Å²) in [5.74, 6) is 0. The van der Waals surface area contributed by atoms with E-state index in [-0.39, 0.29) is 5.54 Å². The molecule has 0 saturated heterocycles. The fraction of sp³-hybridized carbons (Fsp3) is 1.00. The van der Waals surface area contributed by atoms with E-state index in [1.54, 1.807) is 21.3 Å². The van der Waals surface area contributed by atoms with Gasteiger partial charge in [-0.25, -0.2) is 0 Å². The van der Waals surface area contributed by atoms with Gasteiger partial charge in [-0.3, -0.25) is 0 Å². The largest absolute Gasteiger partial charge is 0.502 e. The number of hydrogen-bond donors (Lipinski definition) is 0. The fourth-order valence-corrected chi connectivity index (χ4v) is 13.5. The maximum absolute atomic E-state index is 6.17. The third-order valence-corrected chi connectivity index (χ3v) is 12.4. The van der Waals surface area contributed by atoms with Crippen LogP contribution < -0.4 is 0 Å². The molecule has 17 heavy (non-hydrogen) atoms. The van der Waals surface area contributed by atoms with Crippen LogP contribution in [0.5, 0.6) is 0 Å². The topological polar surface area (TPSA) is 36.9 Å².